The maximum Gasteiger partial charge on any atom is 0.317 e. The molecule has 0 bridgehead atoms. The van der Waals surface area contributed by atoms with Gasteiger partial charge in [-0.3, -0.25) is 9.69 Å². The summed E-state index contributed by atoms with van der Waals surface area (Å²) in [5.41, 5.74) is 0. The van der Waals surface area contributed by atoms with Crippen LogP contribution in [-0.2, 0) is 4.79 Å². The molecule has 0 radical (unpaired) electrons. The van der Waals surface area contributed by atoms with Crippen LogP contribution in [0.3, 0.4) is 0 Å². The summed E-state index contributed by atoms with van der Waals surface area (Å²) < 4.78 is 0. The van der Waals surface area contributed by atoms with Crippen LogP contribution >= 0.6 is 0 Å². The van der Waals surface area contributed by atoms with Crippen LogP contribution in [0.2, 0.25) is 0 Å². The number of piperazine rings is 1. The van der Waals surface area contributed by atoms with Crippen LogP contribution in [0.5, 0.6) is 0 Å². The Labute approximate surface area is 89.4 Å². The molecule has 0 spiro atoms. The maximum absolute atomic E-state index is 11.3. The molecule has 2 rings (SSSR count). The highest BCUT2D eigenvalue weighted by atomic mass is 16.2. The molecule has 2 saturated heterocycles. The third-order valence-corrected chi connectivity index (χ3v) is 3.10. The van der Waals surface area contributed by atoms with E-state index in [0.29, 0.717) is 12.5 Å². The normalized spacial score (nSPS) is 26.3. The molecule has 2 heterocycles. The van der Waals surface area contributed by atoms with E-state index >= 15 is 0 Å². The van der Waals surface area contributed by atoms with Gasteiger partial charge in [0.25, 0.3) is 0 Å². The fourth-order valence-corrected chi connectivity index (χ4v) is 2.19. The van der Waals surface area contributed by atoms with Gasteiger partial charge in [-0.2, -0.15) is 0 Å². The first-order valence-electron chi connectivity index (χ1n) is 5.43. The maximum atomic E-state index is 11.3. The summed E-state index contributed by atoms with van der Waals surface area (Å²) in [5.74, 6) is 0.234. The minimum absolute atomic E-state index is 0.0613. The Morgan fingerprint density at radius 3 is 3.07 bits per heavy atom. The molecule has 2 aliphatic rings. The van der Waals surface area contributed by atoms with E-state index in [4.69, 9.17) is 0 Å². The lowest BCUT2D eigenvalue weighted by Gasteiger charge is -2.36. The first kappa shape index (κ1) is 10.4. The van der Waals surface area contributed by atoms with Crippen molar-refractivity contribution in [1.29, 1.82) is 0 Å². The predicted octanol–water partition coefficient (Wildman–Crippen LogP) is -0.325. The zero-order chi connectivity index (χ0) is 10.8. The number of nitrogens with zero attached hydrogens (tertiary/aromatic N) is 2. The van der Waals surface area contributed by atoms with Gasteiger partial charge in [0.05, 0.1) is 6.04 Å². The Morgan fingerprint density at radius 1 is 1.53 bits per heavy atom. The van der Waals surface area contributed by atoms with Crippen LogP contribution in [0.4, 0.5) is 4.79 Å². The van der Waals surface area contributed by atoms with E-state index in [0.717, 1.165) is 32.7 Å². The van der Waals surface area contributed by atoms with Gasteiger partial charge in [0, 0.05) is 39.1 Å². The highest BCUT2D eigenvalue weighted by Crippen LogP contribution is 2.14. The zero-order valence-electron chi connectivity index (χ0n) is 9.03. The van der Waals surface area contributed by atoms with Crippen molar-refractivity contribution < 1.29 is 9.59 Å². The summed E-state index contributed by atoms with van der Waals surface area (Å²) in [7, 11) is 0. The minimum atomic E-state index is 0.0613. The number of nitrogens with one attached hydrogen (secondary N) is 1. The van der Waals surface area contributed by atoms with Gasteiger partial charge in [-0.05, 0) is 6.92 Å². The Balaban J connectivity index is 1.83. The third-order valence-electron chi connectivity index (χ3n) is 3.10. The van der Waals surface area contributed by atoms with Crippen LogP contribution in [-0.4, -0.2) is 60.4 Å². The number of ketones is 1. The topological polar surface area (TPSA) is 52.7 Å². The summed E-state index contributed by atoms with van der Waals surface area (Å²) in [6.07, 6.45) is 0.619. The summed E-state index contributed by atoms with van der Waals surface area (Å²) in [6.45, 7) is 5.76. The van der Waals surface area contributed by atoms with Gasteiger partial charge in [0.15, 0.2) is 0 Å². The number of carbonyl (C=O) groups is 2. The lowest BCUT2D eigenvalue weighted by Crippen LogP contribution is -2.52. The summed E-state index contributed by atoms with van der Waals surface area (Å²) in [6, 6.07) is 0.365. The van der Waals surface area contributed by atoms with E-state index in [1.807, 2.05) is 4.90 Å². The van der Waals surface area contributed by atoms with Crippen LogP contribution in [0.25, 0.3) is 0 Å². The smallest absolute Gasteiger partial charge is 0.317 e. The van der Waals surface area contributed by atoms with Gasteiger partial charge < -0.3 is 10.2 Å². The average molecular weight is 211 g/mol. The molecule has 2 amide bonds. The lowest BCUT2D eigenvalue weighted by atomic mass is 10.2. The second-order valence-corrected chi connectivity index (χ2v) is 4.29. The molecule has 1 N–H and O–H groups in total. The van der Waals surface area contributed by atoms with E-state index in [2.05, 4.69) is 10.2 Å². The van der Waals surface area contributed by atoms with E-state index < -0.39 is 0 Å². The van der Waals surface area contributed by atoms with Gasteiger partial charge in [0.1, 0.15) is 5.78 Å². The van der Waals surface area contributed by atoms with Crippen molar-refractivity contribution >= 4 is 11.8 Å². The first-order chi connectivity index (χ1) is 7.16. The lowest BCUT2D eigenvalue weighted by molar-refractivity contribution is -0.117. The molecule has 15 heavy (non-hydrogen) atoms. The Kier molecular flexibility index (Phi) is 2.90. The van der Waals surface area contributed by atoms with E-state index in [-0.39, 0.29) is 11.8 Å². The Hall–Kier alpha value is -1.10. The van der Waals surface area contributed by atoms with Gasteiger partial charge >= 0.3 is 6.03 Å². The third kappa shape index (κ3) is 2.28. The largest absolute Gasteiger partial charge is 0.336 e. The molecular formula is C10H17N3O2. The SMILES string of the molecule is CC(=O)CCN1CCN2C(=O)NCC2C1. The van der Waals surface area contributed by atoms with Crippen molar-refractivity contribution in [2.45, 2.75) is 19.4 Å². The quantitative estimate of drug-likeness (QED) is 0.696. The molecule has 5 nitrogen and oxygen atoms in total. The van der Waals surface area contributed by atoms with E-state index in [1.165, 1.54) is 0 Å². The molecule has 1 atom stereocenters. The molecule has 0 saturated carbocycles. The molecule has 0 aromatic heterocycles. The molecule has 0 aromatic carbocycles. The van der Waals surface area contributed by atoms with Crippen molar-refractivity contribution in [2.24, 2.45) is 0 Å². The fraction of sp³-hybridized carbons (Fsp3) is 0.800. The van der Waals surface area contributed by atoms with Crippen molar-refractivity contribution in [3.63, 3.8) is 0 Å². The highest BCUT2D eigenvalue weighted by Gasteiger charge is 2.34. The monoisotopic (exact) mass is 211 g/mol. The number of urea groups is 1. The summed E-state index contributed by atoms with van der Waals surface area (Å²) in [5, 5.41) is 2.84. The number of rotatable bonds is 3. The zero-order valence-corrected chi connectivity index (χ0v) is 9.03. The second-order valence-electron chi connectivity index (χ2n) is 4.29. The van der Waals surface area contributed by atoms with Crippen molar-refractivity contribution in [3.05, 3.63) is 0 Å². The number of carbonyl (C=O) groups excluding carboxylic acids is 2. The first-order valence-corrected chi connectivity index (χ1v) is 5.43. The minimum Gasteiger partial charge on any atom is -0.336 e. The van der Waals surface area contributed by atoms with Crippen molar-refractivity contribution in [1.82, 2.24) is 15.1 Å². The van der Waals surface area contributed by atoms with Gasteiger partial charge in [0.2, 0.25) is 0 Å². The number of amides is 2. The second kappa shape index (κ2) is 4.18. The molecule has 2 aliphatic heterocycles. The highest BCUT2D eigenvalue weighted by molar-refractivity contribution is 5.77. The van der Waals surface area contributed by atoms with E-state index in [1.54, 1.807) is 6.92 Å². The van der Waals surface area contributed by atoms with Crippen LogP contribution in [0.1, 0.15) is 13.3 Å². The fourth-order valence-electron chi connectivity index (χ4n) is 2.19. The van der Waals surface area contributed by atoms with Crippen LogP contribution < -0.4 is 5.32 Å². The van der Waals surface area contributed by atoms with Crippen molar-refractivity contribution in [3.8, 4) is 0 Å². The standard InChI is InChI=1S/C10H17N3O2/c1-8(14)2-3-12-4-5-13-9(7-12)6-11-10(13)15/h9H,2-7H2,1H3,(H,11,15). The van der Waals surface area contributed by atoms with E-state index in [9.17, 15) is 9.59 Å². The molecule has 0 aliphatic carbocycles. The van der Waals surface area contributed by atoms with Gasteiger partial charge in [-0.1, -0.05) is 0 Å². The molecule has 84 valence electrons. The summed E-state index contributed by atoms with van der Waals surface area (Å²) >= 11 is 0. The molecule has 5 heteroatoms. The Morgan fingerprint density at radius 2 is 2.33 bits per heavy atom. The Bertz CT molecular complexity index is 280. The molecule has 0 aromatic rings. The van der Waals surface area contributed by atoms with Gasteiger partial charge in [-0.25, -0.2) is 4.79 Å². The number of fused-ring (bicyclic) bond motifs is 1. The predicted molar refractivity (Wildman–Crippen MR) is 55.6 cm³/mol. The average Bonchev–Trinajstić information content (AvgIpc) is 2.57. The van der Waals surface area contributed by atoms with Crippen molar-refractivity contribution in [2.75, 3.05) is 32.7 Å². The number of hydrogen-bond acceptors (Lipinski definition) is 3. The number of hydrogen-bond donors (Lipinski definition) is 1. The summed E-state index contributed by atoms with van der Waals surface area (Å²) in [4.78, 5) is 26.3. The van der Waals surface area contributed by atoms with Crippen LogP contribution in [0, 0.1) is 0 Å². The van der Waals surface area contributed by atoms with Gasteiger partial charge in [-0.15, -0.1) is 0 Å². The molecular weight excluding hydrogens is 194 g/mol. The number of Topliss-reactive ketones (excluding diaryl/α,β-unsaturated/α-hetero) is 1. The molecule has 2 fully saturated rings. The molecule has 1 unspecified atom stereocenters. The van der Waals surface area contributed by atoms with Crippen LogP contribution in [0.15, 0.2) is 0 Å².